The molecule has 0 bridgehead atoms. The number of ether oxygens (including phenoxy) is 2. The SMILES string of the molecule is Fc1c(Cl)cccc1C(Cl)c1cc2c(cc1Cl)OCCO2. The van der Waals surface area contributed by atoms with Crippen LogP contribution in [0.2, 0.25) is 10.0 Å². The highest BCUT2D eigenvalue weighted by Gasteiger charge is 2.23. The van der Waals surface area contributed by atoms with Gasteiger partial charge in [0.1, 0.15) is 19.0 Å². The number of alkyl halides is 1. The fourth-order valence-corrected chi connectivity index (χ4v) is 3.01. The molecular weight excluding hydrogens is 338 g/mol. The lowest BCUT2D eigenvalue weighted by molar-refractivity contribution is 0.171. The molecule has 1 atom stereocenters. The van der Waals surface area contributed by atoms with Crippen LogP contribution in [0.3, 0.4) is 0 Å². The molecule has 0 radical (unpaired) electrons. The summed E-state index contributed by atoms with van der Waals surface area (Å²) in [6.45, 7) is 0.919. The Bertz CT molecular complexity index is 691. The van der Waals surface area contributed by atoms with Crippen molar-refractivity contribution in [2.75, 3.05) is 13.2 Å². The number of hydrogen-bond donors (Lipinski definition) is 0. The summed E-state index contributed by atoms with van der Waals surface area (Å²) in [4.78, 5) is 0. The molecule has 2 nitrogen and oxygen atoms in total. The zero-order valence-corrected chi connectivity index (χ0v) is 13.0. The van der Waals surface area contributed by atoms with Gasteiger partial charge in [-0.05, 0) is 17.7 Å². The van der Waals surface area contributed by atoms with Crippen LogP contribution in [-0.4, -0.2) is 13.2 Å². The molecule has 1 aliphatic rings. The largest absolute Gasteiger partial charge is 0.486 e. The monoisotopic (exact) mass is 346 g/mol. The first-order chi connectivity index (χ1) is 10.1. The van der Waals surface area contributed by atoms with E-state index in [2.05, 4.69) is 0 Å². The van der Waals surface area contributed by atoms with Gasteiger partial charge in [-0.1, -0.05) is 35.3 Å². The summed E-state index contributed by atoms with van der Waals surface area (Å²) in [6.07, 6.45) is 0. The Balaban J connectivity index is 2.05. The van der Waals surface area contributed by atoms with E-state index < -0.39 is 11.2 Å². The van der Waals surface area contributed by atoms with Crippen LogP contribution in [0.5, 0.6) is 11.5 Å². The minimum atomic E-state index is -0.771. The van der Waals surface area contributed by atoms with E-state index in [-0.39, 0.29) is 10.6 Å². The van der Waals surface area contributed by atoms with Crippen molar-refractivity contribution in [3.63, 3.8) is 0 Å². The first kappa shape index (κ1) is 14.8. The van der Waals surface area contributed by atoms with Gasteiger partial charge in [-0.3, -0.25) is 0 Å². The molecule has 0 aliphatic carbocycles. The van der Waals surface area contributed by atoms with Crippen molar-refractivity contribution in [3.8, 4) is 11.5 Å². The number of rotatable bonds is 2. The van der Waals surface area contributed by atoms with E-state index in [0.29, 0.717) is 35.3 Å². The van der Waals surface area contributed by atoms with Crippen LogP contribution in [-0.2, 0) is 0 Å². The van der Waals surface area contributed by atoms with Gasteiger partial charge < -0.3 is 9.47 Å². The van der Waals surface area contributed by atoms with Gasteiger partial charge in [-0.15, -0.1) is 11.6 Å². The zero-order chi connectivity index (χ0) is 15.0. The van der Waals surface area contributed by atoms with Gasteiger partial charge >= 0.3 is 0 Å². The Morgan fingerprint density at radius 1 is 0.952 bits per heavy atom. The van der Waals surface area contributed by atoms with Gasteiger partial charge in [0.25, 0.3) is 0 Å². The van der Waals surface area contributed by atoms with Crippen molar-refractivity contribution in [2.24, 2.45) is 0 Å². The molecule has 0 saturated heterocycles. The molecule has 2 aromatic carbocycles. The fourth-order valence-electron chi connectivity index (χ4n) is 2.16. The smallest absolute Gasteiger partial charge is 0.162 e. The van der Waals surface area contributed by atoms with Crippen molar-refractivity contribution in [1.29, 1.82) is 0 Å². The molecule has 0 N–H and O–H groups in total. The van der Waals surface area contributed by atoms with Gasteiger partial charge in [-0.2, -0.15) is 0 Å². The molecule has 0 amide bonds. The van der Waals surface area contributed by atoms with Crippen LogP contribution in [0.25, 0.3) is 0 Å². The minimum absolute atomic E-state index is 0.0202. The average Bonchev–Trinajstić information content (AvgIpc) is 2.48. The second-order valence-corrected chi connectivity index (χ2v) is 5.77. The average molecular weight is 348 g/mol. The molecule has 110 valence electrons. The minimum Gasteiger partial charge on any atom is -0.486 e. The lowest BCUT2D eigenvalue weighted by Gasteiger charge is -2.21. The third-order valence-corrected chi connectivity index (χ3v) is 4.28. The molecule has 1 heterocycles. The Morgan fingerprint density at radius 3 is 2.33 bits per heavy atom. The molecule has 2 aromatic rings. The van der Waals surface area contributed by atoms with Gasteiger partial charge in [0, 0.05) is 16.7 Å². The van der Waals surface area contributed by atoms with E-state index in [9.17, 15) is 4.39 Å². The second kappa shape index (κ2) is 5.91. The highest BCUT2D eigenvalue weighted by atomic mass is 35.5. The van der Waals surface area contributed by atoms with Crippen molar-refractivity contribution in [1.82, 2.24) is 0 Å². The maximum absolute atomic E-state index is 14.1. The van der Waals surface area contributed by atoms with Crippen molar-refractivity contribution in [3.05, 3.63) is 57.3 Å². The first-order valence-electron chi connectivity index (χ1n) is 6.25. The maximum Gasteiger partial charge on any atom is 0.162 e. The molecule has 0 fully saturated rings. The molecule has 6 heteroatoms. The Hall–Kier alpha value is -1.16. The first-order valence-corrected chi connectivity index (χ1v) is 7.44. The Morgan fingerprint density at radius 2 is 1.62 bits per heavy atom. The fraction of sp³-hybridized carbons (Fsp3) is 0.200. The van der Waals surface area contributed by atoms with Crippen LogP contribution >= 0.6 is 34.8 Å². The van der Waals surface area contributed by atoms with Crippen LogP contribution < -0.4 is 9.47 Å². The molecule has 1 unspecified atom stereocenters. The van der Waals surface area contributed by atoms with E-state index in [1.165, 1.54) is 6.07 Å². The normalized spacial score (nSPS) is 14.9. The zero-order valence-electron chi connectivity index (χ0n) is 10.7. The molecule has 0 aromatic heterocycles. The summed E-state index contributed by atoms with van der Waals surface area (Å²) in [5.74, 6) is 0.560. The summed E-state index contributed by atoms with van der Waals surface area (Å²) < 4.78 is 25.0. The summed E-state index contributed by atoms with van der Waals surface area (Å²) in [7, 11) is 0. The van der Waals surface area contributed by atoms with Crippen LogP contribution in [0.15, 0.2) is 30.3 Å². The lowest BCUT2D eigenvalue weighted by Crippen LogP contribution is -2.15. The summed E-state index contributed by atoms with van der Waals surface area (Å²) >= 11 is 18.4. The van der Waals surface area contributed by atoms with Crippen molar-refractivity contribution < 1.29 is 13.9 Å². The van der Waals surface area contributed by atoms with E-state index in [4.69, 9.17) is 44.3 Å². The Kier molecular flexibility index (Phi) is 4.16. The predicted molar refractivity (Wildman–Crippen MR) is 81.5 cm³/mol. The summed E-state index contributed by atoms with van der Waals surface area (Å²) in [6, 6.07) is 7.99. The van der Waals surface area contributed by atoms with E-state index >= 15 is 0 Å². The molecule has 21 heavy (non-hydrogen) atoms. The molecule has 3 rings (SSSR count). The highest BCUT2D eigenvalue weighted by Crippen LogP contribution is 2.42. The lowest BCUT2D eigenvalue weighted by atomic mass is 10.0. The molecule has 0 saturated carbocycles. The van der Waals surface area contributed by atoms with Crippen LogP contribution in [0.1, 0.15) is 16.5 Å². The number of fused-ring (bicyclic) bond motifs is 1. The van der Waals surface area contributed by atoms with Gasteiger partial charge in [0.2, 0.25) is 0 Å². The highest BCUT2D eigenvalue weighted by molar-refractivity contribution is 6.33. The van der Waals surface area contributed by atoms with Crippen LogP contribution in [0, 0.1) is 5.82 Å². The van der Waals surface area contributed by atoms with Crippen LogP contribution in [0.4, 0.5) is 4.39 Å². The van der Waals surface area contributed by atoms with Gasteiger partial charge in [-0.25, -0.2) is 4.39 Å². The molecule has 1 aliphatic heterocycles. The van der Waals surface area contributed by atoms with Gasteiger partial charge in [0.15, 0.2) is 11.5 Å². The van der Waals surface area contributed by atoms with E-state index in [1.54, 1.807) is 24.3 Å². The summed E-state index contributed by atoms with van der Waals surface area (Å²) in [5, 5.41) is -0.363. The number of hydrogen-bond acceptors (Lipinski definition) is 2. The van der Waals surface area contributed by atoms with E-state index in [0.717, 1.165) is 0 Å². The number of halogens is 4. The quantitative estimate of drug-likeness (QED) is 0.692. The maximum atomic E-state index is 14.1. The number of benzene rings is 2. The molecular formula is C15H10Cl3FO2. The standard InChI is InChI=1S/C15H10Cl3FO2/c16-10-3-1-2-8(15(10)19)14(18)9-6-12-13(7-11(9)17)21-5-4-20-12/h1-3,6-7,14H,4-5H2. The van der Waals surface area contributed by atoms with Crippen molar-refractivity contribution >= 4 is 34.8 Å². The third kappa shape index (κ3) is 2.78. The Labute approximate surface area is 136 Å². The predicted octanol–water partition coefficient (Wildman–Crippen LogP) is 5.23. The van der Waals surface area contributed by atoms with E-state index in [1.807, 2.05) is 0 Å². The van der Waals surface area contributed by atoms with Gasteiger partial charge in [0.05, 0.1) is 10.4 Å². The topological polar surface area (TPSA) is 18.5 Å². The van der Waals surface area contributed by atoms with Crippen molar-refractivity contribution in [2.45, 2.75) is 5.38 Å². The third-order valence-electron chi connectivity index (χ3n) is 3.19. The summed E-state index contributed by atoms with van der Waals surface area (Å²) in [5.41, 5.74) is 0.812. The molecule has 0 spiro atoms. The second-order valence-electron chi connectivity index (χ2n) is 4.52.